The molecule has 0 saturated carbocycles. The number of fused-ring (bicyclic) bond motifs is 16. The van der Waals surface area contributed by atoms with Gasteiger partial charge in [-0.15, -0.1) is 11.3 Å². The zero-order valence-electron chi connectivity index (χ0n) is 42.4. The molecule has 0 amide bonds. The standard InChI is InChI=1S/C68H57BN2S/c1-41(2)42-32-35-45(36-33-42)71-59-31-19-30-58-63(59)69(57-37-34-43(38-60(57)70(58)44-20-10-9-11-21-44)62-54(66(3,4)5)28-18-29-55(62)67(6,7)8)65-64(71)50-39-49-48-24-14-17-27-53(48)68(56(49)40-61(50)72-65)51-25-15-12-22-46(51)47-23-13-16-26-52(47)68/h9-41H,1-8H3. The summed E-state index contributed by atoms with van der Waals surface area (Å²) in [5, 5.41) is 1.31. The lowest BCUT2D eigenvalue weighted by molar-refractivity contribution is 0.572. The Morgan fingerprint density at radius 3 is 1.61 bits per heavy atom. The molecule has 4 heteroatoms. The van der Waals surface area contributed by atoms with Gasteiger partial charge in [0.05, 0.1) is 11.1 Å². The van der Waals surface area contributed by atoms with Gasteiger partial charge in [0, 0.05) is 43.3 Å². The van der Waals surface area contributed by atoms with E-state index in [2.05, 4.69) is 259 Å². The van der Waals surface area contributed by atoms with Crippen molar-refractivity contribution in [1.29, 1.82) is 0 Å². The van der Waals surface area contributed by atoms with Crippen LogP contribution in [0.2, 0.25) is 0 Å². The number of hydrogen-bond donors (Lipinski definition) is 0. The third-order valence-electron chi connectivity index (χ3n) is 16.5. The molecule has 14 rings (SSSR count). The van der Waals surface area contributed by atoms with Gasteiger partial charge in [-0.2, -0.15) is 0 Å². The van der Waals surface area contributed by atoms with Crippen LogP contribution in [0, 0.1) is 0 Å². The minimum absolute atomic E-state index is 0.00256. The fourth-order valence-corrected chi connectivity index (χ4v) is 14.7. The van der Waals surface area contributed by atoms with E-state index in [1.807, 2.05) is 11.3 Å². The number of nitrogens with zero attached hydrogens (tertiary/aromatic N) is 2. The predicted octanol–water partition coefficient (Wildman–Crippen LogP) is 16.7. The summed E-state index contributed by atoms with van der Waals surface area (Å²) in [5.41, 5.74) is 27.1. The Labute approximate surface area is 429 Å². The van der Waals surface area contributed by atoms with E-state index in [0.717, 1.165) is 5.69 Å². The van der Waals surface area contributed by atoms with Gasteiger partial charge in [-0.3, -0.25) is 0 Å². The number of hydrogen-bond acceptors (Lipinski definition) is 3. The van der Waals surface area contributed by atoms with E-state index in [0.29, 0.717) is 5.92 Å². The summed E-state index contributed by atoms with van der Waals surface area (Å²) in [5.74, 6) is 0.434. The van der Waals surface area contributed by atoms with Gasteiger partial charge in [-0.05, 0) is 155 Å². The van der Waals surface area contributed by atoms with E-state index >= 15 is 0 Å². The molecule has 0 N–H and O–H groups in total. The highest BCUT2D eigenvalue weighted by Gasteiger charge is 2.53. The lowest BCUT2D eigenvalue weighted by atomic mass is 9.36. The number of benzene rings is 9. The Hall–Kier alpha value is -7.40. The molecule has 1 spiro atoms. The molecule has 0 saturated heterocycles. The van der Waals surface area contributed by atoms with Gasteiger partial charge in [0.25, 0.3) is 6.71 Å². The third-order valence-corrected chi connectivity index (χ3v) is 17.7. The summed E-state index contributed by atoms with van der Waals surface area (Å²) in [6.45, 7) is 18.7. The van der Waals surface area contributed by atoms with Crippen LogP contribution in [0.15, 0.2) is 194 Å². The fourth-order valence-electron chi connectivity index (χ4n) is 13.4. The highest BCUT2D eigenvalue weighted by molar-refractivity contribution is 7.33. The number of para-hydroxylation sites is 1. The SMILES string of the molecule is CC(C)c1ccc(N2c3cccc4c3B(c3ccc(-c5c(C(C)(C)C)cccc5C(C)(C)C)cc3N4c3ccccc3)c3sc4cc5c(cc4c32)-c2ccccc2C52c3ccccc3-c3ccccc32)cc1. The molecule has 10 aromatic rings. The van der Waals surface area contributed by atoms with Crippen molar-refractivity contribution in [2.45, 2.75) is 77.6 Å². The Balaban J connectivity index is 1.08. The molecule has 0 atom stereocenters. The second kappa shape index (κ2) is 15.3. The van der Waals surface area contributed by atoms with Crippen LogP contribution in [-0.4, -0.2) is 6.71 Å². The van der Waals surface area contributed by atoms with E-state index in [4.69, 9.17) is 0 Å². The molecule has 0 radical (unpaired) electrons. The molecular weight excluding hydrogens is 888 g/mol. The van der Waals surface area contributed by atoms with Gasteiger partial charge in [-0.25, -0.2) is 0 Å². The second-order valence-corrected chi connectivity index (χ2v) is 24.1. The first-order valence-electron chi connectivity index (χ1n) is 25.9. The number of rotatable bonds is 4. The van der Waals surface area contributed by atoms with Gasteiger partial charge >= 0.3 is 0 Å². The van der Waals surface area contributed by atoms with Crippen molar-refractivity contribution < 1.29 is 0 Å². The lowest BCUT2D eigenvalue weighted by Gasteiger charge is -2.43. The van der Waals surface area contributed by atoms with E-state index in [-0.39, 0.29) is 17.5 Å². The molecule has 4 aliphatic rings. The second-order valence-electron chi connectivity index (χ2n) is 23.0. The molecule has 2 nitrogen and oxygen atoms in total. The number of anilines is 6. The monoisotopic (exact) mass is 944 g/mol. The van der Waals surface area contributed by atoms with E-state index in [1.165, 1.54) is 127 Å². The van der Waals surface area contributed by atoms with Crippen molar-refractivity contribution in [1.82, 2.24) is 0 Å². The maximum absolute atomic E-state index is 2.62. The molecule has 72 heavy (non-hydrogen) atoms. The summed E-state index contributed by atoms with van der Waals surface area (Å²) in [7, 11) is 0. The average molecular weight is 945 g/mol. The van der Waals surface area contributed by atoms with Crippen LogP contribution in [0.5, 0.6) is 0 Å². The minimum atomic E-state index is -0.417. The minimum Gasteiger partial charge on any atom is -0.311 e. The molecule has 0 unspecified atom stereocenters. The fraction of sp³-hybridized carbons (Fsp3) is 0.176. The summed E-state index contributed by atoms with van der Waals surface area (Å²) < 4.78 is 2.71. The summed E-state index contributed by atoms with van der Waals surface area (Å²) >= 11 is 2.01. The topological polar surface area (TPSA) is 6.48 Å². The molecule has 0 bridgehead atoms. The smallest absolute Gasteiger partial charge is 0.264 e. The van der Waals surface area contributed by atoms with Gasteiger partial charge in [0.1, 0.15) is 0 Å². The highest BCUT2D eigenvalue weighted by atomic mass is 32.1. The Bertz CT molecular complexity index is 3800. The molecule has 2 aliphatic carbocycles. The molecule has 1 aromatic heterocycles. The lowest BCUT2D eigenvalue weighted by Crippen LogP contribution is -2.60. The average Bonchev–Trinajstić information content (AvgIpc) is 4.01. The van der Waals surface area contributed by atoms with Crippen molar-refractivity contribution in [3.05, 3.63) is 233 Å². The first kappa shape index (κ1) is 43.4. The largest absolute Gasteiger partial charge is 0.311 e. The van der Waals surface area contributed by atoms with E-state index in [9.17, 15) is 0 Å². The van der Waals surface area contributed by atoms with Crippen molar-refractivity contribution in [2.24, 2.45) is 0 Å². The van der Waals surface area contributed by atoms with E-state index < -0.39 is 5.41 Å². The first-order chi connectivity index (χ1) is 34.8. The van der Waals surface area contributed by atoms with Crippen molar-refractivity contribution in [3.8, 4) is 33.4 Å². The van der Waals surface area contributed by atoms with Gasteiger partial charge < -0.3 is 9.80 Å². The maximum Gasteiger partial charge on any atom is 0.264 e. The zero-order valence-corrected chi connectivity index (χ0v) is 43.2. The molecule has 0 fully saturated rings. The summed E-state index contributed by atoms with van der Waals surface area (Å²) in [6, 6.07) is 74.8. The third kappa shape index (κ3) is 5.90. The van der Waals surface area contributed by atoms with Crippen molar-refractivity contribution in [3.63, 3.8) is 0 Å². The van der Waals surface area contributed by atoms with Crippen LogP contribution in [-0.2, 0) is 16.2 Å². The number of thiophene rings is 1. The van der Waals surface area contributed by atoms with Crippen molar-refractivity contribution in [2.75, 3.05) is 9.80 Å². The maximum atomic E-state index is 2.62. The first-order valence-corrected chi connectivity index (χ1v) is 26.7. The normalized spacial score (nSPS) is 14.5. The quantitative estimate of drug-likeness (QED) is 0.162. The molecule has 9 aromatic carbocycles. The summed E-state index contributed by atoms with van der Waals surface area (Å²) in [4.78, 5) is 5.18. The molecule has 2 aliphatic heterocycles. The van der Waals surface area contributed by atoms with Crippen LogP contribution in [0.1, 0.15) is 100 Å². The Morgan fingerprint density at radius 1 is 0.472 bits per heavy atom. The van der Waals surface area contributed by atoms with Crippen LogP contribution in [0.4, 0.5) is 34.1 Å². The van der Waals surface area contributed by atoms with Crippen LogP contribution < -0.4 is 25.5 Å². The summed E-state index contributed by atoms with van der Waals surface area (Å²) in [6.07, 6.45) is 0. The van der Waals surface area contributed by atoms with Crippen LogP contribution in [0.3, 0.4) is 0 Å². The van der Waals surface area contributed by atoms with Gasteiger partial charge in [-0.1, -0.05) is 195 Å². The van der Waals surface area contributed by atoms with Gasteiger partial charge in [0.15, 0.2) is 0 Å². The Kier molecular flexibility index (Phi) is 9.23. The molecular formula is C68H57BN2S. The van der Waals surface area contributed by atoms with Crippen molar-refractivity contribution >= 4 is 78.0 Å². The van der Waals surface area contributed by atoms with Gasteiger partial charge in [0.2, 0.25) is 0 Å². The molecule has 348 valence electrons. The predicted molar refractivity (Wildman–Crippen MR) is 309 cm³/mol. The van der Waals surface area contributed by atoms with Crippen LogP contribution >= 0.6 is 11.3 Å². The highest BCUT2D eigenvalue weighted by Crippen LogP contribution is 2.64. The van der Waals surface area contributed by atoms with E-state index in [1.54, 1.807) is 0 Å². The zero-order chi connectivity index (χ0) is 49.0. The van der Waals surface area contributed by atoms with Crippen LogP contribution in [0.25, 0.3) is 43.5 Å². The Morgan fingerprint density at radius 2 is 1.01 bits per heavy atom. The molecule has 3 heterocycles.